The summed E-state index contributed by atoms with van der Waals surface area (Å²) in [5.41, 5.74) is -2.64. The third kappa shape index (κ3) is 10.0. The van der Waals surface area contributed by atoms with Crippen molar-refractivity contribution in [3.63, 3.8) is 0 Å². The van der Waals surface area contributed by atoms with E-state index in [0.717, 1.165) is 11.4 Å². The minimum Gasteiger partial charge on any atom is -0.337 e. The quantitative estimate of drug-likeness (QED) is 0.603. The van der Waals surface area contributed by atoms with Crippen LogP contribution in [0.1, 0.15) is 6.92 Å². The van der Waals surface area contributed by atoms with Crippen LogP contribution >= 0.6 is 28.7 Å². The normalized spacial score (nSPS) is 14.6. The van der Waals surface area contributed by atoms with Gasteiger partial charge in [-0.25, -0.2) is 0 Å². The van der Waals surface area contributed by atoms with Gasteiger partial charge in [0.05, 0.1) is 6.61 Å². The zero-order valence-electron chi connectivity index (χ0n) is 7.12. The summed E-state index contributed by atoms with van der Waals surface area (Å²) in [7, 11) is 0. The Kier molecular flexibility index (Phi) is 11.3. The molecule has 0 aromatic heterocycles. The van der Waals surface area contributed by atoms with Crippen molar-refractivity contribution in [2.24, 2.45) is 0 Å². The van der Waals surface area contributed by atoms with E-state index >= 15 is 0 Å². The summed E-state index contributed by atoms with van der Waals surface area (Å²) in [5.74, 6) is 0.440. The van der Waals surface area contributed by atoms with Crippen LogP contribution in [0.3, 0.4) is 0 Å². The molecular formula is C5H10ClNaO2PS2. The van der Waals surface area contributed by atoms with E-state index in [9.17, 15) is 4.89 Å². The molecule has 0 spiro atoms. The van der Waals surface area contributed by atoms with Crippen molar-refractivity contribution in [3.05, 3.63) is 11.6 Å². The van der Waals surface area contributed by atoms with Crippen LogP contribution in [0.5, 0.6) is 0 Å². The fourth-order valence-electron chi connectivity index (χ4n) is 0.352. The molecule has 0 bridgehead atoms. The first-order chi connectivity index (χ1) is 4.98. The van der Waals surface area contributed by atoms with E-state index < -0.39 is 5.69 Å². The van der Waals surface area contributed by atoms with Gasteiger partial charge in [-0.05, 0) is 18.7 Å². The van der Waals surface area contributed by atoms with Gasteiger partial charge in [-0.3, -0.25) is 0 Å². The summed E-state index contributed by atoms with van der Waals surface area (Å²) in [5, 5.41) is 0.470. The minimum absolute atomic E-state index is 0. The van der Waals surface area contributed by atoms with E-state index in [-0.39, 0.29) is 29.6 Å². The van der Waals surface area contributed by atoms with E-state index in [0.29, 0.717) is 17.4 Å². The fourth-order valence-corrected chi connectivity index (χ4v) is 3.74. The van der Waals surface area contributed by atoms with Crippen molar-refractivity contribution in [3.8, 4) is 0 Å². The summed E-state index contributed by atoms with van der Waals surface area (Å²) in [6.45, 7) is 5.68. The Hall–Kier alpha value is 1.95. The van der Waals surface area contributed by atoms with Gasteiger partial charge in [0.15, 0.2) is 0 Å². The van der Waals surface area contributed by atoms with Gasteiger partial charge in [-0.2, -0.15) is 0 Å². The maximum atomic E-state index is 9.33. The molecule has 12 heavy (non-hydrogen) atoms. The Bertz CT molecular complexity index is 190. The Morgan fingerprint density at radius 3 is 2.67 bits per heavy atom. The number of rotatable bonds is 5. The molecule has 0 aromatic carbocycles. The number of halogens is 1. The van der Waals surface area contributed by atoms with Crippen molar-refractivity contribution >= 4 is 70.0 Å². The van der Waals surface area contributed by atoms with Crippen LogP contribution in [0.15, 0.2) is 11.6 Å². The molecule has 0 heterocycles. The molecule has 0 amide bonds. The van der Waals surface area contributed by atoms with Crippen LogP contribution in [0.25, 0.3) is 0 Å². The third-order valence-corrected chi connectivity index (χ3v) is 5.30. The topological polar surface area (TPSA) is 29.5 Å². The summed E-state index contributed by atoms with van der Waals surface area (Å²) in [6.07, 6.45) is 0. The Morgan fingerprint density at radius 2 is 2.33 bits per heavy atom. The van der Waals surface area contributed by atoms with Gasteiger partial charge in [0, 0.05) is 40.3 Å². The Labute approximate surface area is 109 Å². The second-order valence-electron chi connectivity index (χ2n) is 1.68. The van der Waals surface area contributed by atoms with Crippen LogP contribution in [0, 0.1) is 0 Å². The summed E-state index contributed by atoms with van der Waals surface area (Å²) < 4.78 is 4.92. The van der Waals surface area contributed by atoms with Gasteiger partial charge < -0.3 is 9.42 Å². The molecular weight excluding hydrogens is 246 g/mol. The van der Waals surface area contributed by atoms with Gasteiger partial charge >= 0.3 is 0 Å². The Morgan fingerprint density at radius 1 is 1.83 bits per heavy atom. The molecule has 0 fully saturated rings. The van der Waals surface area contributed by atoms with Crippen LogP contribution in [-0.4, -0.2) is 46.8 Å². The molecule has 1 N–H and O–H groups in total. The second kappa shape index (κ2) is 8.27. The molecule has 67 valence electrons. The van der Waals surface area contributed by atoms with Crippen molar-refractivity contribution in [2.45, 2.75) is 6.92 Å². The average Bonchev–Trinajstić information content (AvgIpc) is 1.84. The van der Waals surface area contributed by atoms with E-state index in [1.807, 2.05) is 0 Å². The second-order valence-corrected chi connectivity index (χ2v) is 8.39. The van der Waals surface area contributed by atoms with E-state index in [4.69, 9.17) is 27.9 Å². The molecule has 7 heteroatoms. The van der Waals surface area contributed by atoms with Crippen LogP contribution in [-0.2, 0) is 16.3 Å². The number of hydrogen-bond donors (Lipinski definition) is 1. The zero-order valence-corrected chi connectivity index (χ0v) is 12.4. The first-order valence-corrected chi connectivity index (χ1v) is 7.57. The Balaban J connectivity index is 0. The third-order valence-electron chi connectivity index (χ3n) is 0.677. The molecule has 0 saturated carbocycles. The van der Waals surface area contributed by atoms with Crippen molar-refractivity contribution in [1.82, 2.24) is 0 Å². The van der Waals surface area contributed by atoms with Crippen LogP contribution in [0.4, 0.5) is 0 Å². The SMILES string of the molecule is C=C(Cl)CSP(O)(=S)OCC.[Na]. The van der Waals surface area contributed by atoms with Crippen molar-refractivity contribution in [2.75, 3.05) is 12.4 Å². The van der Waals surface area contributed by atoms with Gasteiger partial charge in [-0.15, -0.1) is 0 Å². The first kappa shape index (κ1) is 16.4. The average molecular weight is 256 g/mol. The molecule has 0 rings (SSSR count). The van der Waals surface area contributed by atoms with Gasteiger partial charge in [0.2, 0.25) is 5.69 Å². The maximum absolute atomic E-state index is 9.33. The summed E-state index contributed by atoms with van der Waals surface area (Å²) >= 11 is 11.4. The maximum Gasteiger partial charge on any atom is 0.245 e. The molecule has 1 unspecified atom stereocenters. The smallest absolute Gasteiger partial charge is 0.245 e. The van der Waals surface area contributed by atoms with Crippen molar-refractivity contribution < 1.29 is 9.42 Å². The van der Waals surface area contributed by atoms with Gasteiger partial charge in [0.1, 0.15) is 0 Å². The monoisotopic (exact) mass is 255 g/mol. The molecule has 1 atom stereocenters. The summed E-state index contributed by atoms with van der Waals surface area (Å²) in [4.78, 5) is 9.33. The molecule has 0 aromatic rings. The molecule has 1 radical (unpaired) electrons. The molecule has 0 aliphatic heterocycles. The van der Waals surface area contributed by atoms with Crippen molar-refractivity contribution in [1.29, 1.82) is 0 Å². The van der Waals surface area contributed by atoms with E-state index in [1.54, 1.807) is 6.92 Å². The van der Waals surface area contributed by atoms with Gasteiger partial charge in [0.25, 0.3) is 0 Å². The fraction of sp³-hybridized carbons (Fsp3) is 0.600. The largest absolute Gasteiger partial charge is 0.337 e. The molecule has 0 aliphatic rings. The minimum atomic E-state index is -2.64. The van der Waals surface area contributed by atoms with E-state index in [2.05, 4.69) is 6.58 Å². The van der Waals surface area contributed by atoms with Crippen LogP contribution < -0.4 is 0 Å². The van der Waals surface area contributed by atoms with Crippen LogP contribution in [0.2, 0.25) is 0 Å². The zero-order chi connectivity index (χ0) is 8.91. The molecule has 2 nitrogen and oxygen atoms in total. The van der Waals surface area contributed by atoms with Gasteiger partial charge in [-0.1, -0.05) is 29.6 Å². The molecule has 0 aliphatic carbocycles. The molecule has 0 saturated heterocycles. The predicted molar refractivity (Wildman–Crippen MR) is 61.3 cm³/mol. The predicted octanol–water partition coefficient (Wildman–Crippen LogP) is 2.34. The number of hydrogen-bond acceptors (Lipinski definition) is 3. The summed E-state index contributed by atoms with van der Waals surface area (Å²) in [6, 6.07) is 0. The van der Waals surface area contributed by atoms with E-state index in [1.165, 1.54) is 0 Å². The standard InChI is InChI=1S/C5H10ClO2PS2.Na/c1-3-8-9(7,10)11-4-5(2)6;/h2-4H2,1H3,(H,7,10);. The first-order valence-electron chi connectivity index (χ1n) is 2.93.